The third-order valence-corrected chi connectivity index (χ3v) is 1.57. The van der Waals surface area contributed by atoms with E-state index >= 15 is 0 Å². The van der Waals surface area contributed by atoms with Crippen LogP contribution in [0.1, 0.15) is 19.8 Å². The molecule has 0 saturated heterocycles. The third-order valence-electron chi connectivity index (χ3n) is 1.11. The van der Waals surface area contributed by atoms with Crippen LogP contribution in [-0.2, 0) is 4.79 Å². The summed E-state index contributed by atoms with van der Waals surface area (Å²) in [6, 6.07) is 3.67. The molecule has 0 fully saturated rings. The van der Waals surface area contributed by atoms with Crippen LogP contribution in [0.15, 0.2) is 29.1 Å². The van der Waals surface area contributed by atoms with E-state index in [0.29, 0.717) is 11.2 Å². The van der Waals surface area contributed by atoms with Crippen LogP contribution >= 0.6 is 15.9 Å². The quantitative estimate of drug-likeness (QED) is 0.593. The molecule has 1 aromatic rings. The van der Waals surface area contributed by atoms with Crippen LogP contribution in [0.3, 0.4) is 0 Å². The monoisotopic (exact) mass is 232 g/mol. The van der Waals surface area contributed by atoms with Gasteiger partial charge in [0.25, 0.3) is 0 Å². The molecule has 0 saturated carbocycles. The molecule has 0 aliphatic heterocycles. The van der Waals surface area contributed by atoms with Gasteiger partial charge in [0, 0.05) is 11.2 Å². The molecule has 0 radical (unpaired) electrons. The zero-order valence-electron chi connectivity index (χ0n) is 7.07. The predicted molar refractivity (Wildman–Crippen MR) is 52.4 cm³/mol. The van der Waals surface area contributed by atoms with Gasteiger partial charge >= 0.3 is 0 Å². The Bertz CT molecular complexity index is 153. The van der Waals surface area contributed by atoms with Crippen molar-refractivity contribution in [1.82, 2.24) is 0 Å². The molecule has 0 spiro atoms. The molecule has 3 heteroatoms. The highest BCUT2D eigenvalue weighted by Crippen LogP contribution is 2.03. The topological polar surface area (TPSA) is 30.2 Å². The highest BCUT2D eigenvalue weighted by Gasteiger charge is 1.91. The second kappa shape index (κ2) is 8.53. The molecular formula is C9H13BrO2. The Labute approximate surface area is 81.1 Å². The summed E-state index contributed by atoms with van der Waals surface area (Å²) >= 11 is 3.32. The van der Waals surface area contributed by atoms with Crippen molar-refractivity contribution in [3.63, 3.8) is 0 Å². The summed E-state index contributed by atoms with van der Waals surface area (Å²) in [5, 5.41) is 0. The van der Waals surface area contributed by atoms with Crippen molar-refractivity contribution in [2.75, 3.05) is 0 Å². The highest BCUT2D eigenvalue weighted by molar-refractivity contribution is 9.09. The smallest absolute Gasteiger partial charge is 0.120 e. The average molecular weight is 233 g/mol. The maximum Gasteiger partial charge on any atom is 0.120 e. The van der Waals surface area contributed by atoms with Crippen molar-refractivity contribution in [3.8, 4) is 0 Å². The van der Waals surface area contributed by atoms with Crippen molar-refractivity contribution >= 4 is 22.2 Å². The van der Waals surface area contributed by atoms with E-state index in [1.165, 1.54) is 0 Å². The maximum absolute atomic E-state index is 9.69. The van der Waals surface area contributed by atoms with Crippen LogP contribution in [-0.4, -0.2) is 11.1 Å². The highest BCUT2D eigenvalue weighted by atomic mass is 79.9. The van der Waals surface area contributed by atoms with Crippen LogP contribution in [0.5, 0.6) is 0 Å². The first-order chi connectivity index (χ1) is 5.77. The lowest BCUT2D eigenvalue weighted by molar-refractivity contribution is -0.107. The van der Waals surface area contributed by atoms with Crippen molar-refractivity contribution in [1.29, 1.82) is 0 Å². The summed E-state index contributed by atoms with van der Waals surface area (Å²) in [4.78, 5) is 10.2. The molecule has 0 aliphatic rings. The molecule has 0 aliphatic carbocycles. The van der Waals surface area contributed by atoms with E-state index in [1.807, 2.05) is 19.1 Å². The molecule has 0 amide bonds. The Hall–Kier alpha value is -0.570. The largest absolute Gasteiger partial charge is 0.473 e. The first-order valence-electron chi connectivity index (χ1n) is 3.82. The molecule has 0 aromatic carbocycles. The normalized spacial score (nSPS) is 11.2. The number of rotatable bonds is 3. The molecule has 1 rings (SSSR count). The zero-order chi connectivity index (χ0) is 9.23. The van der Waals surface area contributed by atoms with Crippen molar-refractivity contribution < 1.29 is 9.21 Å². The fourth-order valence-electron chi connectivity index (χ4n) is 0.525. The van der Waals surface area contributed by atoms with E-state index in [0.717, 1.165) is 12.7 Å². The van der Waals surface area contributed by atoms with Gasteiger partial charge in [-0.15, -0.1) is 0 Å². The molecule has 1 atom stereocenters. The summed E-state index contributed by atoms with van der Waals surface area (Å²) in [7, 11) is 0. The number of furan rings is 1. The SMILES string of the molecule is CC(Br)CCC=O.c1ccoc1. The Morgan fingerprint density at radius 1 is 1.50 bits per heavy atom. The van der Waals surface area contributed by atoms with Gasteiger partial charge in [-0.25, -0.2) is 0 Å². The summed E-state index contributed by atoms with van der Waals surface area (Å²) in [5.41, 5.74) is 0. The van der Waals surface area contributed by atoms with Crippen LogP contribution in [0.4, 0.5) is 0 Å². The molecule has 0 bridgehead atoms. The zero-order valence-corrected chi connectivity index (χ0v) is 8.66. The van der Waals surface area contributed by atoms with Gasteiger partial charge < -0.3 is 9.21 Å². The summed E-state index contributed by atoms with van der Waals surface area (Å²) in [5.74, 6) is 0. The van der Waals surface area contributed by atoms with E-state index < -0.39 is 0 Å². The van der Waals surface area contributed by atoms with Crippen molar-refractivity contribution in [2.24, 2.45) is 0 Å². The van der Waals surface area contributed by atoms with Gasteiger partial charge in [0.15, 0.2) is 0 Å². The van der Waals surface area contributed by atoms with Gasteiger partial charge in [-0.05, 0) is 18.6 Å². The Kier molecular flexibility index (Phi) is 8.12. The lowest BCUT2D eigenvalue weighted by Crippen LogP contribution is -1.88. The number of aldehydes is 1. The van der Waals surface area contributed by atoms with Gasteiger partial charge in [0.2, 0.25) is 0 Å². The Morgan fingerprint density at radius 3 is 2.25 bits per heavy atom. The number of carbonyl (C=O) groups excluding carboxylic acids is 1. The van der Waals surface area contributed by atoms with Crippen molar-refractivity contribution in [3.05, 3.63) is 24.7 Å². The molecule has 1 aromatic heterocycles. The van der Waals surface area contributed by atoms with Crippen molar-refractivity contribution in [2.45, 2.75) is 24.6 Å². The number of hydrogen-bond acceptors (Lipinski definition) is 2. The minimum absolute atomic E-state index is 0.484. The number of halogens is 1. The predicted octanol–water partition coefficient (Wildman–Crippen LogP) is 3.03. The van der Waals surface area contributed by atoms with Gasteiger partial charge in [-0.3, -0.25) is 0 Å². The molecule has 1 heterocycles. The van der Waals surface area contributed by atoms with Gasteiger partial charge in [0.1, 0.15) is 6.29 Å². The second-order valence-corrected chi connectivity index (χ2v) is 3.88. The van der Waals surface area contributed by atoms with E-state index in [-0.39, 0.29) is 0 Å². The number of hydrogen-bond donors (Lipinski definition) is 0. The molecular weight excluding hydrogens is 220 g/mol. The summed E-state index contributed by atoms with van der Waals surface area (Å²) in [6.45, 7) is 2.03. The standard InChI is InChI=1S/C5H9BrO.C4H4O/c1-5(6)3-2-4-7;1-2-4-5-3-1/h4-5H,2-3H2,1H3;1-4H. The summed E-state index contributed by atoms with van der Waals surface area (Å²) in [6.07, 6.45) is 5.81. The molecule has 12 heavy (non-hydrogen) atoms. The maximum atomic E-state index is 9.69. The fraction of sp³-hybridized carbons (Fsp3) is 0.444. The van der Waals surface area contributed by atoms with Gasteiger partial charge in [-0.1, -0.05) is 22.9 Å². The molecule has 2 nitrogen and oxygen atoms in total. The minimum atomic E-state index is 0.484. The van der Waals surface area contributed by atoms with E-state index in [2.05, 4.69) is 20.3 Å². The van der Waals surface area contributed by atoms with Crippen LogP contribution in [0.2, 0.25) is 0 Å². The molecule has 1 unspecified atom stereocenters. The Morgan fingerprint density at radius 2 is 2.08 bits per heavy atom. The third kappa shape index (κ3) is 9.43. The lowest BCUT2D eigenvalue weighted by atomic mass is 10.3. The van der Waals surface area contributed by atoms with Crippen LogP contribution in [0, 0.1) is 0 Å². The molecule has 68 valence electrons. The van der Waals surface area contributed by atoms with E-state index in [9.17, 15) is 4.79 Å². The van der Waals surface area contributed by atoms with Crippen LogP contribution < -0.4 is 0 Å². The van der Waals surface area contributed by atoms with E-state index in [1.54, 1.807) is 12.5 Å². The van der Waals surface area contributed by atoms with Crippen LogP contribution in [0.25, 0.3) is 0 Å². The van der Waals surface area contributed by atoms with Gasteiger partial charge in [-0.2, -0.15) is 0 Å². The number of carbonyl (C=O) groups is 1. The van der Waals surface area contributed by atoms with Gasteiger partial charge in [0.05, 0.1) is 12.5 Å². The molecule has 0 N–H and O–H groups in total. The first-order valence-corrected chi connectivity index (χ1v) is 4.73. The van der Waals surface area contributed by atoms with E-state index in [4.69, 9.17) is 0 Å². The summed E-state index contributed by atoms with van der Waals surface area (Å²) < 4.78 is 4.58. The fourth-order valence-corrected chi connectivity index (χ4v) is 0.789. The number of alkyl halides is 1. The second-order valence-electron chi connectivity index (χ2n) is 2.32. The average Bonchev–Trinajstić information content (AvgIpc) is 2.57. The lowest BCUT2D eigenvalue weighted by Gasteiger charge is -1.93. The Balaban J connectivity index is 0.000000211. The minimum Gasteiger partial charge on any atom is -0.473 e. The first kappa shape index (κ1) is 11.4.